The molecule has 0 amide bonds. The Balaban J connectivity index is 2.04. The molecule has 1 aromatic carbocycles. The lowest BCUT2D eigenvalue weighted by Crippen LogP contribution is -2.19. The minimum atomic E-state index is 0.0431. The standard InChI is InChI=1S/C15H17ClN4O/c1-10(11-4-6-18-7-5-11)19-9-13-3-2-12(8-14(13)16)15(17)20-21/h2-8,10,19,21H,9H2,1H3,(H2,17,20). The van der Waals surface area contributed by atoms with Crippen LogP contribution in [0, 0.1) is 0 Å². The third kappa shape index (κ3) is 3.93. The lowest BCUT2D eigenvalue weighted by molar-refractivity contribution is 0.318. The van der Waals surface area contributed by atoms with Crippen LogP contribution < -0.4 is 11.1 Å². The second-order valence-electron chi connectivity index (χ2n) is 4.67. The fourth-order valence-corrected chi connectivity index (χ4v) is 2.19. The summed E-state index contributed by atoms with van der Waals surface area (Å²) in [6.45, 7) is 2.70. The molecule has 6 heteroatoms. The van der Waals surface area contributed by atoms with Gasteiger partial charge in [0.1, 0.15) is 0 Å². The number of halogens is 1. The molecule has 0 saturated carbocycles. The zero-order valence-electron chi connectivity index (χ0n) is 11.6. The van der Waals surface area contributed by atoms with Crippen LogP contribution in [-0.4, -0.2) is 16.0 Å². The number of hydrogen-bond acceptors (Lipinski definition) is 4. The van der Waals surface area contributed by atoms with E-state index in [0.717, 1.165) is 11.1 Å². The topological polar surface area (TPSA) is 83.5 Å². The molecule has 0 spiro atoms. The fourth-order valence-electron chi connectivity index (χ4n) is 1.94. The molecule has 0 aliphatic heterocycles. The van der Waals surface area contributed by atoms with Crippen molar-refractivity contribution in [1.29, 1.82) is 0 Å². The van der Waals surface area contributed by atoms with Crippen LogP contribution in [0.3, 0.4) is 0 Å². The summed E-state index contributed by atoms with van der Waals surface area (Å²) in [5.41, 5.74) is 8.23. The average Bonchev–Trinajstić information content (AvgIpc) is 2.53. The van der Waals surface area contributed by atoms with Crippen molar-refractivity contribution < 1.29 is 5.21 Å². The van der Waals surface area contributed by atoms with Crippen LogP contribution in [0.1, 0.15) is 29.7 Å². The van der Waals surface area contributed by atoms with Crippen molar-refractivity contribution in [2.24, 2.45) is 10.9 Å². The quantitative estimate of drug-likeness (QED) is 0.343. The van der Waals surface area contributed by atoms with E-state index in [1.165, 1.54) is 0 Å². The van der Waals surface area contributed by atoms with Gasteiger partial charge in [-0.05, 0) is 36.2 Å². The van der Waals surface area contributed by atoms with Gasteiger partial charge in [0, 0.05) is 35.6 Å². The van der Waals surface area contributed by atoms with Gasteiger partial charge in [0.15, 0.2) is 5.84 Å². The van der Waals surface area contributed by atoms with Crippen molar-refractivity contribution in [2.75, 3.05) is 0 Å². The van der Waals surface area contributed by atoms with Crippen molar-refractivity contribution in [1.82, 2.24) is 10.3 Å². The van der Waals surface area contributed by atoms with Crippen LogP contribution in [0.15, 0.2) is 47.9 Å². The predicted molar refractivity (Wildman–Crippen MR) is 83.5 cm³/mol. The van der Waals surface area contributed by atoms with Gasteiger partial charge < -0.3 is 16.3 Å². The molecule has 4 N–H and O–H groups in total. The molecule has 0 aliphatic rings. The van der Waals surface area contributed by atoms with E-state index >= 15 is 0 Å². The van der Waals surface area contributed by atoms with Gasteiger partial charge in [0.05, 0.1) is 0 Å². The molecule has 0 saturated heterocycles. The number of nitrogens with two attached hydrogens (primary N) is 1. The monoisotopic (exact) mass is 304 g/mol. The second-order valence-corrected chi connectivity index (χ2v) is 5.08. The highest BCUT2D eigenvalue weighted by molar-refractivity contribution is 6.31. The summed E-state index contributed by atoms with van der Waals surface area (Å²) in [6, 6.07) is 9.45. The van der Waals surface area contributed by atoms with Crippen molar-refractivity contribution >= 4 is 17.4 Å². The molecular formula is C15H17ClN4O. The molecule has 1 unspecified atom stereocenters. The first-order valence-electron chi connectivity index (χ1n) is 6.51. The largest absolute Gasteiger partial charge is 0.409 e. The van der Waals surface area contributed by atoms with Gasteiger partial charge in [-0.1, -0.05) is 28.9 Å². The molecule has 21 heavy (non-hydrogen) atoms. The van der Waals surface area contributed by atoms with Crippen molar-refractivity contribution in [2.45, 2.75) is 19.5 Å². The highest BCUT2D eigenvalue weighted by atomic mass is 35.5. The van der Waals surface area contributed by atoms with Crippen LogP contribution in [0.2, 0.25) is 5.02 Å². The third-order valence-corrected chi connectivity index (χ3v) is 3.61. The number of rotatable bonds is 5. The lowest BCUT2D eigenvalue weighted by Gasteiger charge is -2.15. The van der Waals surface area contributed by atoms with E-state index in [9.17, 15) is 0 Å². The molecule has 2 rings (SSSR count). The molecule has 0 bridgehead atoms. The summed E-state index contributed by atoms with van der Waals surface area (Å²) in [4.78, 5) is 4.00. The molecule has 1 heterocycles. The zero-order valence-corrected chi connectivity index (χ0v) is 12.4. The van der Waals surface area contributed by atoms with Crippen LogP contribution in [-0.2, 0) is 6.54 Å². The lowest BCUT2D eigenvalue weighted by atomic mass is 10.1. The third-order valence-electron chi connectivity index (χ3n) is 3.26. The van der Waals surface area contributed by atoms with E-state index in [1.54, 1.807) is 24.5 Å². The molecule has 1 aromatic heterocycles. The van der Waals surface area contributed by atoms with Crippen molar-refractivity contribution in [3.05, 3.63) is 64.4 Å². The maximum Gasteiger partial charge on any atom is 0.170 e. The Morgan fingerprint density at radius 3 is 2.71 bits per heavy atom. The summed E-state index contributed by atoms with van der Waals surface area (Å²) < 4.78 is 0. The predicted octanol–water partition coefficient (Wildman–Crippen LogP) is 2.68. The van der Waals surface area contributed by atoms with Gasteiger partial charge in [-0.2, -0.15) is 0 Å². The highest BCUT2D eigenvalue weighted by Gasteiger charge is 2.08. The Kier molecular flexibility index (Phi) is 5.14. The summed E-state index contributed by atoms with van der Waals surface area (Å²) in [5.74, 6) is 0.0431. The fraction of sp³-hybridized carbons (Fsp3) is 0.200. The number of oxime groups is 1. The minimum Gasteiger partial charge on any atom is -0.409 e. The molecular weight excluding hydrogens is 288 g/mol. The smallest absolute Gasteiger partial charge is 0.170 e. The Bertz CT molecular complexity index is 631. The number of pyridine rings is 1. The van der Waals surface area contributed by atoms with Crippen LogP contribution in [0.5, 0.6) is 0 Å². The number of nitrogens with zero attached hydrogens (tertiary/aromatic N) is 2. The van der Waals surface area contributed by atoms with E-state index in [-0.39, 0.29) is 11.9 Å². The Morgan fingerprint density at radius 1 is 1.38 bits per heavy atom. The number of benzene rings is 1. The molecule has 0 radical (unpaired) electrons. The zero-order chi connectivity index (χ0) is 15.2. The number of hydrogen-bond donors (Lipinski definition) is 3. The Labute approximate surface area is 128 Å². The average molecular weight is 305 g/mol. The van der Waals surface area contributed by atoms with Gasteiger partial charge in [-0.15, -0.1) is 0 Å². The number of aromatic nitrogens is 1. The van der Waals surface area contributed by atoms with Gasteiger partial charge >= 0.3 is 0 Å². The van der Waals surface area contributed by atoms with Gasteiger partial charge in [-0.3, -0.25) is 4.98 Å². The summed E-state index contributed by atoms with van der Waals surface area (Å²) in [5, 5.41) is 15.6. The second kappa shape index (κ2) is 7.06. The maximum atomic E-state index is 8.65. The van der Waals surface area contributed by atoms with Crippen LogP contribution >= 0.6 is 11.6 Å². The van der Waals surface area contributed by atoms with Crippen LogP contribution in [0.4, 0.5) is 0 Å². The molecule has 2 aromatic rings. The van der Waals surface area contributed by atoms with E-state index in [1.807, 2.05) is 18.2 Å². The van der Waals surface area contributed by atoms with Crippen molar-refractivity contribution in [3.8, 4) is 0 Å². The number of nitrogens with one attached hydrogen (secondary N) is 1. The first kappa shape index (κ1) is 15.3. The molecule has 1 atom stereocenters. The summed E-state index contributed by atoms with van der Waals surface area (Å²) >= 11 is 6.22. The SMILES string of the molecule is CC(NCc1ccc(/C(N)=N/O)cc1Cl)c1ccncc1. The van der Waals surface area contributed by atoms with E-state index in [0.29, 0.717) is 17.1 Å². The Morgan fingerprint density at radius 2 is 2.10 bits per heavy atom. The van der Waals surface area contributed by atoms with Gasteiger partial charge in [0.2, 0.25) is 0 Å². The van der Waals surface area contributed by atoms with E-state index in [4.69, 9.17) is 22.5 Å². The highest BCUT2D eigenvalue weighted by Crippen LogP contribution is 2.19. The molecule has 110 valence electrons. The summed E-state index contributed by atoms with van der Waals surface area (Å²) in [6.07, 6.45) is 3.54. The van der Waals surface area contributed by atoms with Gasteiger partial charge in [0.25, 0.3) is 0 Å². The minimum absolute atomic E-state index is 0.0431. The summed E-state index contributed by atoms with van der Waals surface area (Å²) in [7, 11) is 0. The van der Waals surface area contributed by atoms with E-state index in [2.05, 4.69) is 22.4 Å². The normalized spacial score (nSPS) is 13.1. The van der Waals surface area contributed by atoms with E-state index < -0.39 is 0 Å². The molecule has 0 aliphatic carbocycles. The first-order chi connectivity index (χ1) is 10.1. The Hall–Kier alpha value is -2.11. The molecule has 0 fully saturated rings. The molecule has 5 nitrogen and oxygen atoms in total. The maximum absolute atomic E-state index is 8.65. The number of amidine groups is 1. The first-order valence-corrected chi connectivity index (χ1v) is 6.89. The van der Waals surface area contributed by atoms with Crippen molar-refractivity contribution in [3.63, 3.8) is 0 Å². The van der Waals surface area contributed by atoms with Crippen LogP contribution in [0.25, 0.3) is 0 Å². The van der Waals surface area contributed by atoms with Gasteiger partial charge in [-0.25, -0.2) is 0 Å².